The maximum Gasteiger partial charge on any atom is 0.233 e. The highest BCUT2D eigenvalue weighted by Crippen LogP contribution is 2.32. The molecule has 0 aliphatic carbocycles. The van der Waals surface area contributed by atoms with Crippen molar-refractivity contribution >= 4 is 5.57 Å². The van der Waals surface area contributed by atoms with Crippen molar-refractivity contribution in [1.82, 2.24) is 4.98 Å². The van der Waals surface area contributed by atoms with Gasteiger partial charge in [0.1, 0.15) is 5.75 Å². The third-order valence-corrected chi connectivity index (χ3v) is 5.59. The first-order valence-electron chi connectivity index (χ1n) is 9.75. The van der Waals surface area contributed by atoms with Gasteiger partial charge in [0.25, 0.3) is 0 Å². The summed E-state index contributed by atoms with van der Waals surface area (Å²) in [5.41, 5.74) is 4.80. The monoisotopic (exact) mass is 395 g/mol. The molecule has 148 valence electrons. The predicted molar refractivity (Wildman–Crippen MR) is 119 cm³/mol. The van der Waals surface area contributed by atoms with Crippen LogP contribution in [0.5, 0.6) is 5.75 Å². The fraction of sp³-hybridized carbons (Fsp3) is 0.115. The van der Waals surface area contributed by atoms with E-state index >= 15 is 0 Å². The SMILES string of the molecule is C=C(c1c(Cc2ccncc2)c(=O)c1=O)C(C)c1ccc(-c2ccc(O)cc2)cc1. The zero-order valence-electron chi connectivity index (χ0n) is 16.6. The van der Waals surface area contributed by atoms with Crippen molar-refractivity contribution in [3.05, 3.63) is 122 Å². The third-order valence-electron chi connectivity index (χ3n) is 5.59. The molecule has 1 atom stereocenters. The summed E-state index contributed by atoms with van der Waals surface area (Å²) in [7, 11) is 0. The van der Waals surface area contributed by atoms with E-state index in [0.717, 1.165) is 22.3 Å². The molecule has 4 heteroatoms. The molecule has 0 saturated heterocycles. The van der Waals surface area contributed by atoms with Crippen molar-refractivity contribution in [1.29, 1.82) is 0 Å². The van der Waals surface area contributed by atoms with E-state index in [1.54, 1.807) is 24.5 Å². The Morgan fingerprint density at radius 2 is 1.47 bits per heavy atom. The van der Waals surface area contributed by atoms with Gasteiger partial charge in [-0.3, -0.25) is 14.6 Å². The van der Waals surface area contributed by atoms with Gasteiger partial charge in [0.2, 0.25) is 10.9 Å². The van der Waals surface area contributed by atoms with Gasteiger partial charge < -0.3 is 5.11 Å². The average molecular weight is 395 g/mol. The van der Waals surface area contributed by atoms with E-state index in [9.17, 15) is 14.7 Å². The van der Waals surface area contributed by atoms with Crippen molar-refractivity contribution in [3.63, 3.8) is 0 Å². The highest BCUT2D eigenvalue weighted by Gasteiger charge is 2.26. The van der Waals surface area contributed by atoms with Gasteiger partial charge in [0.15, 0.2) is 0 Å². The summed E-state index contributed by atoms with van der Waals surface area (Å²) in [6, 6.07) is 18.7. The van der Waals surface area contributed by atoms with Gasteiger partial charge in [-0.1, -0.05) is 49.9 Å². The van der Waals surface area contributed by atoms with Gasteiger partial charge in [0.05, 0.1) is 0 Å². The average Bonchev–Trinajstić information content (AvgIpc) is 2.79. The molecule has 3 aromatic carbocycles. The second kappa shape index (κ2) is 7.91. The number of allylic oxidation sites excluding steroid dienone is 1. The first-order chi connectivity index (χ1) is 14.5. The molecule has 0 bridgehead atoms. The van der Waals surface area contributed by atoms with Crippen molar-refractivity contribution in [3.8, 4) is 16.9 Å². The molecule has 4 rings (SSSR count). The summed E-state index contributed by atoms with van der Waals surface area (Å²) in [5.74, 6) is 0.134. The standard InChI is InChI=1S/C26H21NO3/c1-16(19-3-5-20(6-4-19)21-7-9-22(28)10-8-21)17(2)24-23(25(29)26(24)30)15-18-11-13-27-14-12-18/h3-14,16,28H,2,15H2,1H3. The molecule has 4 aromatic rings. The summed E-state index contributed by atoms with van der Waals surface area (Å²) in [6.45, 7) is 6.14. The van der Waals surface area contributed by atoms with Crippen LogP contribution in [0.15, 0.2) is 89.2 Å². The second-order valence-electron chi connectivity index (χ2n) is 7.46. The zero-order valence-corrected chi connectivity index (χ0v) is 16.6. The first kappa shape index (κ1) is 19.5. The van der Waals surface area contributed by atoms with E-state index in [-0.39, 0.29) is 11.7 Å². The molecule has 0 fully saturated rings. The van der Waals surface area contributed by atoms with Gasteiger partial charge in [-0.05, 0) is 52.1 Å². The quantitative estimate of drug-likeness (QED) is 0.490. The lowest BCUT2D eigenvalue weighted by Crippen LogP contribution is -2.40. The minimum Gasteiger partial charge on any atom is -0.508 e. The summed E-state index contributed by atoms with van der Waals surface area (Å²) in [6.07, 6.45) is 3.76. The summed E-state index contributed by atoms with van der Waals surface area (Å²) < 4.78 is 0. The number of rotatable bonds is 6. The van der Waals surface area contributed by atoms with Gasteiger partial charge in [-0.15, -0.1) is 0 Å². The topological polar surface area (TPSA) is 67.3 Å². The van der Waals surface area contributed by atoms with Crippen LogP contribution in [0.25, 0.3) is 16.7 Å². The summed E-state index contributed by atoms with van der Waals surface area (Å²) in [5, 5.41) is 9.45. The van der Waals surface area contributed by atoms with Crippen molar-refractivity contribution in [2.24, 2.45) is 0 Å². The Morgan fingerprint density at radius 3 is 2.07 bits per heavy atom. The molecule has 0 aliphatic rings. The lowest BCUT2D eigenvalue weighted by Gasteiger charge is -2.20. The predicted octanol–water partition coefficient (Wildman–Crippen LogP) is 4.46. The van der Waals surface area contributed by atoms with Crippen LogP contribution in [0.4, 0.5) is 0 Å². The number of phenolic OH excluding ortho intramolecular Hbond substituents is 1. The molecule has 0 saturated carbocycles. The number of aromatic hydroxyl groups is 1. The number of aromatic nitrogens is 1. The molecular formula is C26H21NO3. The Hall–Kier alpha value is -3.79. The maximum atomic E-state index is 12.3. The largest absolute Gasteiger partial charge is 0.508 e. The maximum absolute atomic E-state index is 12.3. The molecule has 30 heavy (non-hydrogen) atoms. The van der Waals surface area contributed by atoms with Crippen LogP contribution in [-0.4, -0.2) is 10.1 Å². The highest BCUT2D eigenvalue weighted by molar-refractivity contribution is 5.74. The minimum atomic E-state index is -0.448. The smallest absolute Gasteiger partial charge is 0.233 e. The molecular weight excluding hydrogens is 374 g/mol. The Kier molecular flexibility index (Phi) is 5.15. The van der Waals surface area contributed by atoms with Gasteiger partial charge in [-0.2, -0.15) is 0 Å². The number of pyridine rings is 1. The number of nitrogens with zero attached hydrogens (tertiary/aromatic N) is 1. The molecule has 1 aromatic heterocycles. The number of phenols is 1. The first-order valence-corrected chi connectivity index (χ1v) is 9.75. The molecule has 1 N–H and O–H groups in total. The normalized spacial score (nSPS) is 12.0. The van der Waals surface area contributed by atoms with Gasteiger partial charge in [0, 0.05) is 35.9 Å². The molecule has 0 amide bonds. The van der Waals surface area contributed by atoms with Crippen molar-refractivity contribution in [2.45, 2.75) is 19.3 Å². The Balaban J connectivity index is 1.57. The van der Waals surface area contributed by atoms with Crippen LogP contribution in [-0.2, 0) is 6.42 Å². The van der Waals surface area contributed by atoms with E-state index in [1.807, 2.05) is 55.5 Å². The van der Waals surface area contributed by atoms with E-state index in [4.69, 9.17) is 0 Å². The van der Waals surface area contributed by atoms with Gasteiger partial charge in [-0.25, -0.2) is 0 Å². The third kappa shape index (κ3) is 3.60. The zero-order chi connectivity index (χ0) is 21.3. The number of hydrogen-bond donors (Lipinski definition) is 1. The fourth-order valence-electron chi connectivity index (χ4n) is 3.69. The lowest BCUT2D eigenvalue weighted by atomic mass is 9.82. The number of benzene rings is 2. The van der Waals surface area contributed by atoms with E-state index in [1.165, 1.54) is 0 Å². The van der Waals surface area contributed by atoms with Gasteiger partial charge >= 0.3 is 0 Å². The molecule has 1 heterocycles. The number of hydrogen-bond acceptors (Lipinski definition) is 4. The van der Waals surface area contributed by atoms with Crippen LogP contribution >= 0.6 is 0 Å². The van der Waals surface area contributed by atoms with Crippen LogP contribution < -0.4 is 10.9 Å². The van der Waals surface area contributed by atoms with Crippen LogP contribution in [0, 0.1) is 0 Å². The second-order valence-corrected chi connectivity index (χ2v) is 7.46. The van der Waals surface area contributed by atoms with E-state index < -0.39 is 10.9 Å². The highest BCUT2D eigenvalue weighted by atomic mass is 16.3. The molecule has 0 aliphatic heterocycles. The fourth-order valence-corrected chi connectivity index (χ4v) is 3.69. The van der Waals surface area contributed by atoms with E-state index in [2.05, 4.69) is 11.6 Å². The summed E-state index contributed by atoms with van der Waals surface area (Å²) in [4.78, 5) is 28.5. The molecule has 0 spiro atoms. The molecule has 0 radical (unpaired) electrons. The van der Waals surface area contributed by atoms with Crippen LogP contribution in [0.3, 0.4) is 0 Å². The van der Waals surface area contributed by atoms with Crippen molar-refractivity contribution in [2.75, 3.05) is 0 Å². The van der Waals surface area contributed by atoms with Crippen molar-refractivity contribution < 1.29 is 5.11 Å². The van der Waals surface area contributed by atoms with E-state index in [0.29, 0.717) is 23.1 Å². The minimum absolute atomic E-state index is 0.0987. The molecule has 4 nitrogen and oxygen atoms in total. The Morgan fingerprint density at radius 1 is 0.900 bits per heavy atom. The summed E-state index contributed by atoms with van der Waals surface area (Å²) >= 11 is 0. The van der Waals surface area contributed by atoms with Crippen LogP contribution in [0.2, 0.25) is 0 Å². The Labute approximate surface area is 174 Å². The lowest BCUT2D eigenvalue weighted by molar-refractivity contribution is 0.475. The molecule has 1 unspecified atom stereocenters. The Bertz CT molecular complexity index is 1260. The van der Waals surface area contributed by atoms with Crippen LogP contribution in [0.1, 0.15) is 35.1 Å².